The van der Waals surface area contributed by atoms with Crippen LogP contribution in [-0.4, -0.2) is 45.5 Å². The third-order valence-corrected chi connectivity index (χ3v) is 4.32. The van der Waals surface area contributed by atoms with Crippen LogP contribution in [-0.2, 0) is 11.3 Å². The summed E-state index contributed by atoms with van der Waals surface area (Å²) in [5.74, 6) is -1.46. The first-order valence-electron chi connectivity index (χ1n) is 8.05. The van der Waals surface area contributed by atoms with Gasteiger partial charge in [0, 0.05) is 0 Å². The minimum Gasteiger partial charge on any atom is -0.471 e. The first kappa shape index (κ1) is 17.9. The Morgan fingerprint density at radius 1 is 1.26 bits per heavy atom. The molecule has 1 fully saturated rings. The zero-order valence-electron chi connectivity index (χ0n) is 13.8. The molecule has 10 heteroatoms. The Morgan fingerprint density at radius 3 is 2.74 bits per heavy atom. The topological polar surface area (TPSA) is 89.5 Å². The number of ether oxygens (including phenoxy) is 3. The van der Waals surface area contributed by atoms with E-state index < -0.39 is 23.8 Å². The standard InChI is InChI=1S/C17H14ClF2N3O4/c18-9-4-12-15(23-17(21-12)27-14-7-25-6-13(14)24)22-16(9)26-5-8-10(19)2-1-3-11(8)20/h1-4,13-14,24H,5-7H2,(H,21,22,23)/t13-,14+/m1/s1. The molecule has 0 unspecified atom stereocenters. The highest BCUT2D eigenvalue weighted by molar-refractivity contribution is 6.32. The fourth-order valence-corrected chi connectivity index (χ4v) is 2.83. The van der Waals surface area contributed by atoms with Gasteiger partial charge in [-0.1, -0.05) is 17.7 Å². The minimum absolute atomic E-state index is 0.0193. The summed E-state index contributed by atoms with van der Waals surface area (Å²) in [6, 6.07) is 5.19. The summed E-state index contributed by atoms with van der Waals surface area (Å²) in [5, 5.41) is 9.86. The van der Waals surface area contributed by atoms with Gasteiger partial charge in [-0.2, -0.15) is 9.97 Å². The number of aromatic nitrogens is 3. The molecule has 2 atom stereocenters. The molecule has 1 aliphatic heterocycles. The fraction of sp³-hybridized carbons (Fsp3) is 0.294. The molecule has 142 valence electrons. The van der Waals surface area contributed by atoms with Crippen LogP contribution in [0.5, 0.6) is 11.9 Å². The lowest BCUT2D eigenvalue weighted by Crippen LogP contribution is -2.30. The third kappa shape index (κ3) is 3.66. The minimum atomic E-state index is -0.746. The number of nitrogens with zero attached hydrogens (tertiary/aromatic N) is 2. The molecular formula is C17H14ClF2N3O4. The smallest absolute Gasteiger partial charge is 0.296 e. The Morgan fingerprint density at radius 2 is 2.04 bits per heavy atom. The Hall–Kier alpha value is -2.49. The predicted octanol–water partition coefficient (Wildman–Crippen LogP) is 2.61. The molecule has 7 nitrogen and oxygen atoms in total. The number of imidazole rings is 1. The predicted molar refractivity (Wildman–Crippen MR) is 90.8 cm³/mol. The molecule has 2 N–H and O–H groups in total. The van der Waals surface area contributed by atoms with E-state index in [2.05, 4.69) is 15.0 Å². The third-order valence-electron chi connectivity index (χ3n) is 4.05. The van der Waals surface area contributed by atoms with E-state index in [-0.39, 0.29) is 47.9 Å². The van der Waals surface area contributed by atoms with Crippen molar-refractivity contribution < 1.29 is 28.1 Å². The molecule has 3 aromatic rings. The van der Waals surface area contributed by atoms with Crippen LogP contribution in [0.1, 0.15) is 5.56 Å². The number of aliphatic hydroxyl groups excluding tert-OH is 1. The van der Waals surface area contributed by atoms with E-state index in [9.17, 15) is 13.9 Å². The number of rotatable bonds is 5. The number of benzene rings is 1. The molecule has 0 amide bonds. The Balaban J connectivity index is 1.54. The van der Waals surface area contributed by atoms with Gasteiger partial charge in [-0.15, -0.1) is 0 Å². The second kappa shape index (κ2) is 7.26. The number of hydrogen-bond donors (Lipinski definition) is 2. The first-order valence-corrected chi connectivity index (χ1v) is 8.43. The van der Waals surface area contributed by atoms with Gasteiger partial charge in [0.2, 0.25) is 5.88 Å². The van der Waals surface area contributed by atoms with Gasteiger partial charge in [0.05, 0.1) is 24.3 Å². The van der Waals surface area contributed by atoms with Gasteiger partial charge in [-0.3, -0.25) is 0 Å². The van der Waals surface area contributed by atoms with Crippen LogP contribution in [0.2, 0.25) is 5.02 Å². The second-order valence-electron chi connectivity index (χ2n) is 5.94. The van der Waals surface area contributed by atoms with E-state index in [1.54, 1.807) is 0 Å². The van der Waals surface area contributed by atoms with Crippen LogP contribution >= 0.6 is 11.6 Å². The first-order chi connectivity index (χ1) is 13.0. The zero-order chi connectivity index (χ0) is 19.0. The van der Waals surface area contributed by atoms with Crippen LogP contribution < -0.4 is 9.47 Å². The largest absolute Gasteiger partial charge is 0.471 e. The van der Waals surface area contributed by atoms with Crippen LogP contribution in [0, 0.1) is 11.6 Å². The maximum absolute atomic E-state index is 13.7. The zero-order valence-corrected chi connectivity index (χ0v) is 14.5. The molecule has 0 bridgehead atoms. The number of hydrogen-bond acceptors (Lipinski definition) is 6. The average Bonchev–Trinajstić information content (AvgIpc) is 3.20. The summed E-state index contributed by atoms with van der Waals surface area (Å²) in [7, 11) is 0. The number of fused-ring (bicyclic) bond motifs is 1. The van der Waals surface area contributed by atoms with Crippen molar-refractivity contribution in [3.8, 4) is 11.9 Å². The summed E-state index contributed by atoms with van der Waals surface area (Å²) < 4.78 is 43.4. The molecule has 3 heterocycles. The molecule has 0 saturated carbocycles. The lowest BCUT2D eigenvalue weighted by Gasteiger charge is -2.11. The summed E-state index contributed by atoms with van der Waals surface area (Å²) in [6.07, 6.45) is -1.29. The summed E-state index contributed by atoms with van der Waals surface area (Å²) in [5.41, 5.74) is 0.497. The van der Waals surface area contributed by atoms with Gasteiger partial charge in [-0.25, -0.2) is 8.78 Å². The number of H-pyrrole nitrogens is 1. The average molecular weight is 398 g/mol. The molecule has 0 spiro atoms. The van der Waals surface area contributed by atoms with Gasteiger partial charge in [-0.05, 0) is 18.2 Å². The van der Waals surface area contributed by atoms with Gasteiger partial charge >= 0.3 is 0 Å². The summed E-state index contributed by atoms with van der Waals surface area (Å²) in [4.78, 5) is 11.2. The lowest BCUT2D eigenvalue weighted by molar-refractivity contribution is 0.0679. The normalized spacial score (nSPS) is 19.6. The SMILES string of the molecule is O[C@@H]1COC[C@@H]1Oc1nc2nc(OCc3c(F)cccc3F)c(Cl)cc2[nH]1. The molecule has 27 heavy (non-hydrogen) atoms. The van der Waals surface area contributed by atoms with Gasteiger partial charge < -0.3 is 24.3 Å². The van der Waals surface area contributed by atoms with Crippen molar-refractivity contribution in [1.82, 2.24) is 15.0 Å². The highest BCUT2D eigenvalue weighted by atomic mass is 35.5. The van der Waals surface area contributed by atoms with Crippen molar-refractivity contribution in [2.75, 3.05) is 13.2 Å². The molecule has 0 radical (unpaired) electrons. The van der Waals surface area contributed by atoms with Crippen molar-refractivity contribution in [2.45, 2.75) is 18.8 Å². The van der Waals surface area contributed by atoms with Crippen LogP contribution in [0.15, 0.2) is 24.3 Å². The van der Waals surface area contributed by atoms with Crippen LogP contribution in [0.4, 0.5) is 8.78 Å². The van der Waals surface area contributed by atoms with Crippen LogP contribution in [0.3, 0.4) is 0 Å². The van der Waals surface area contributed by atoms with Gasteiger partial charge in [0.1, 0.15) is 29.4 Å². The van der Waals surface area contributed by atoms with Crippen molar-refractivity contribution in [3.63, 3.8) is 0 Å². The maximum Gasteiger partial charge on any atom is 0.296 e. The molecular weight excluding hydrogens is 384 g/mol. The van der Waals surface area contributed by atoms with Crippen LogP contribution in [0.25, 0.3) is 11.2 Å². The number of aromatic amines is 1. The number of aliphatic hydroxyl groups is 1. The monoisotopic (exact) mass is 397 g/mol. The van der Waals surface area contributed by atoms with E-state index >= 15 is 0 Å². The Bertz CT molecular complexity index is 964. The van der Waals surface area contributed by atoms with E-state index in [0.29, 0.717) is 5.52 Å². The van der Waals surface area contributed by atoms with Gasteiger partial charge in [0.25, 0.3) is 6.01 Å². The van der Waals surface area contributed by atoms with E-state index in [4.69, 9.17) is 25.8 Å². The van der Waals surface area contributed by atoms with E-state index in [1.165, 1.54) is 12.1 Å². The molecule has 2 aromatic heterocycles. The molecule has 0 aliphatic carbocycles. The summed E-state index contributed by atoms with van der Waals surface area (Å²) >= 11 is 6.13. The summed E-state index contributed by atoms with van der Waals surface area (Å²) in [6.45, 7) is 0.0602. The van der Waals surface area contributed by atoms with Gasteiger partial charge in [0.15, 0.2) is 11.8 Å². The highest BCUT2D eigenvalue weighted by Crippen LogP contribution is 2.28. The number of pyridine rings is 1. The molecule has 4 rings (SSSR count). The number of halogens is 3. The maximum atomic E-state index is 13.7. The second-order valence-corrected chi connectivity index (χ2v) is 6.35. The van der Waals surface area contributed by atoms with Crippen molar-refractivity contribution in [2.24, 2.45) is 0 Å². The Kier molecular flexibility index (Phi) is 4.81. The van der Waals surface area contributed by atoms with Crippen molar-refractivity contribution >= 4 is 22.8 Å². The quantitative estimate of drug-likeness (QED) is 0.688. The molecule has 1 saturated heterocycles. The highest BCUT2D eigenvalue weighted by Gasteiger charge is 2.29. The Labute approximate surface area is 156 Å². The lowest BCUT2D eigenvalue weighted by atomic mass is 10.2. The number of nitrogens with one attached hydrogen (secondary N) is 1. The van der Waals surface area contributed by atoms with E-state index in [1.807, 2.05) is 0 Å². The van der Waals surface area contributed by atoms with Crippen molar-refractivity contribution in [1.29, 1.82) is 0 Å². The van der Waals surface area contributed by atoms with E-state index in [0.717, 1.165) is 12.1 Å². The molecule has 1 aromatic carbocycles. The fourth-order valence-electron chi connectivity index (χ4n) is 2.63. The van der Waals surface area contributed by atoms with Crippen molar-refractivity contribution in [3.05, 3.63) is 46.5 Å². The molecule has 1 aliphatic rings.